The highest BCUT2D eigenvalue weighted by atomic mass is 19.1. The van der Waals surface area contributed by atoms with E-state index in [-0.39, 0.29) is 17.5 Å². The number of hydrogen-bond acceptors (Lipinski definition) is 5. The first kappa shape index (κ1) is 21.0. The molecule has 2 heterocycles. The molecule has 1 saturated heterocycles. The molecule has 0 atom stereocenters. The van der Waals surface area contributed by atoms with Crippen molar-refractivity contribution in [1.29, 1.82) is 0 Å². The molecule has 0 saturated carbocycles. The Kier molecular flexibility index (Phi) is 6.57. The van der Waals surface area contributed by atoms with Gasteiger partial charge < -0.3 is 14.6 Å². The zero-order chi connectivity index (χ0) is 21.6. The number of likely N-dealkylation sites (tertiary alicyclic amines) is 1. The van der Waals surface area contributed by atoms with Crippen LogP contribution in [0, 0.1) is 11.7 Å². The minimum Gasteiger partial charge on any atom is -0.449 e. The molecule has 0 bridgehead atoms. The number of ether oxygens (including phenoxy) is 1. The number of nitrogens with zero attached hydrogens (tertiary/aromatic N) is 2. The van der Waals surface area contributed by atoms with Gasteiger partial charge in [0.1, 0.15) is 5.82 Å². The molecule has 1 aromatic heterocycles. The van der Waals surface area contributed by atoms with E-state index in [0.717, 1.165) is 49.9 Å². The lowest BCUT2D eigenvalue weighted by Gasteiger charge is -2.31. The van der Waals surface area contributed by atoms with Crippen LogP contribution in [-0.4, -0.2) is 53.0 Å². The Balaban J connectivity index is 1.13. The number of Topliss-reactive ketones (excluding diaryl/α,β-unsaturated/α-hetero) is 1. The van der Waals surface area contributed by atoms with Crippen molar-refractivity contribution in [3.63, 3.8) is 0 Å². The van der Waals surface area contributed by atoms with Crippen LogP contribution in [0.5, 0.6) is 0 Å². The molecule has 2 N–H and O–H groups in total. The molecule has 0 unspecified atom stereocenters. The van der Waals surface area contributed by atoms with Crippen molar-refractivity contribution in [2.24, 2.45) is 5.92 Å². The fourth-order valence-corrected chi connectivity index (χ4v) is 3.89. The number of carbonyl (C=O) groups excluding carboxylic acids is 2. The van der Waals surface area contributed by atoms with Gasteiger partial charge in [0.2, 0.25) is 0 Å². The maximum absolute atomic E-state index is 13.0. The standard InChI is InChI=1S/C23H25FN4O3/c24-18-4-2-16(3-5-18)22(29)17-8-11-28(12-9-17)10-1-13-31-23(30)27-19-6-7-20-21(14-19)26-15-25-20/h2-7,14-15,17H,1,8-13H2,(H,25,26)(H,27,30). The molecule has 3 aromatic rings. The van der Waals surface area contributed by atoms with Crippen LogP contribution < -0.4 is 5.32 Å². The molecule has 162 valence electrons. The molecule has 1 fully saturated rings. The summed E-state index contributed by atoms with van der Waals surface area (Å²) in [4.78, 5) is 33.9. The van der Waals surface area contributed by atoms with E-state index in [0.29, 0.717) is 17.9 Å². The molecule has 0 radical (unpaired) electrons. The summed E-state index contributed by atoms with van der Waals surface area (Å²) in [5.41, 5.74) is 2.90. The van der Waals surface area contributed by atoms with Crippen LogP contribution in [0.1, 0.15) is 29.6 Å². The number of amides is 1. The Morgan fingerprint density at radius 2 is 1.94 bits per heavy atom. The van der Waals surface area contributed by atoms with Crippen LogP contribution in [0.4, 0.5) is 14.9 Å². The SMILES string of the molecule is O=C(Nc1ccc2nc[nH]c2c1)OCCCN1CCC(C(=O)c2ccc(F)cc2)CC1. The summed E-state index contributed by atoms with van der Waals surface area (Å²) in [6.45, 7) is 2.79. The minimum absolute atomic E-state index is 0.0176. The summed E-state index contributed by atoms with van der Waals surface area (Å²) in [7, 11) is 0. The summed E-state index contributed by atoms with van der Waals surface area (Å²) in [5, 5.41) is 2.72. The number of hydrogen-bond donors (Lipinski definition) is 2. The number of rotatable bonds is 7. The Hall–Kier alpha value is -3.26. The first-order chi connectivity index (χ1) is 15.1. The normalized spacial score (nSPS) is 15.1. The molecular weight excluding hydrogens is 399 g/mol. The molecule has 2 aromatic carbocycles. The maximum atomic E-state index is 13.0. The van der Waals surface area contributed by atoms with Gasteiger partial charge in [0.25, 0.3) is 0 Å². The van der Waals surface area contributed by atoms with E-state index >= 15 is 0 Å². The van der Waals surface area contributed by atoms with Crippen LogP contribution in [0.25, 0.3) is 11.0 Å². The average Bonchev–Trinajstić information content (AvgIpc) is 3.25. The zero-order valence-corrected chi connectivity index (χ0v) is 17.1. The first-order valence-corrected chi connectivity index (χ1v) is 10.5. The van der Waals surface area contributed by atoms with E-state index < -0.39 is 6.09 Å². The fourth-order valence-electron chi connectivity index (χ4n) is 3.89. The Bertz CT molecular complexity index is 1040. The molecule has 0 spiro atoms. The predicted molar refractivity (Wildman–Crippen MR) is 116 cm³/mol. The molecule has 1 aliphatic rings. The number of ketones is 1. The number of halogens is 1. The Labute approximate surface area is 179 Å². The van der Waals surface area contributed by atoms with Gasteiger partial charge in [-0.15, -0.1) is 0 Å². The third-order valence-electron chi connectivity index (χ3n) is 5.61. The van der Waals surface area contributed by atoms with Crippen molar-refractivity contribution in [2.75, 3.05) is 31.6 Å². The third kappa shape index (κ3) is 5.46. The second-order valence-corrected chi connectivity index (χ2v) is 7.74. The highest BCUT2D eigenvalue weighted by Gasteiger charge is 2.25. The first-order valence-electron chi connectivity index (χ1n) is 10.5. The number of carbonyl (C=O) groups is 2. The number of benzene rings is 2. The lowest BCUT2D eigenvalue weighted by Crippen LogP contribution is -2.37. The minimum atomic E-state index is -0.484. The van der Waals surface area contributed by atoms with E-state index in [1.165, 1.54) is 12.1 Å². The van der Waals surface area contributed by atoms with Gasteiger partial charge in [0.15, 0.2) is 5.78 Å². The fraction of sp³-hybridized carbons (Fsp3) is 0.348. The summed E-state index contributed by atoms with van der Waals surface area (Å²) in [5.74, 6) is -0.259. The van der Waals surface area contributed by atoms with E-state index in [1.54, 1.807) is 30.6 Å². The van der Waals surface area contributed by atoms with E-state index in [2.05, 4.69) is 20.2 Å². The van der Waals surface area contributed by atoms with E-state index in [4.69, 9.17) is 4.74 Å². The highest BCUT2D eigenvalue weighted by molar-refractivity contribution is 5.97. The number of H-pyrrole nitrogens is 1. The smallest absolute Gasteiger partial charge is 0.411 e. The van der Waals surface area contributed by atoms with Gasteiger partial charge in [-0.3, -0.25) is 10.1 Å². The molecule has 31 heavy (non-hydrogen) atoms. The average molecular weight is 424 g/mol. The van der Waals surface area contributed by atoms with Crippen LogP contribution in [0.2, 0.25) is 0 Å². The van der Waals surface area contributed by atoms with Crippen molar-refractivity contribution in [3.05, 3.63) is 60.2 Å². The number of fused-ring (bicyclic) bond motifs is 1. The lowest BCUT2D eigenvalue weighted by molar-refractivity contribution is 0.0830. The predicted octanol–water partition coefficient (Wildman–Crippen LogP) is 4.24. The Morgan fingerprint density at radius 1 is 1.16 bits per heavy atom. The van der Waals surface area contributed by atoms with Crippen molar-refractivity contribution in [3.8, 4) is 0 Å². The van der Waals surface area contributed by atoms with Gasteiger partial charge in [-0.2, -0.15) is 0 Å². The van der Waals surface area contributed by atoms with Crippen LogP contribution in [0.3, 0.4) is 0 Å². The number of imidazole rings is 1. The largest absolute Gasteiger partial charge is 0.449 e. The van der Waals surface area contributed by atoms with Gasteiger partial charge in [0.05, 0.1) is 24.0 Å². The molecule has 1 amide bonds. The summed E-state index contributed by atoms with van der Waals surface area (Å²) >= 11 is 0. The Morgan fingerprint density at radius 3 is 2.71 bits per heavy atom. The lowest BCUT2D eigenvalue weighted by atomic mass is 9.89. The quantitative estimate of drug-likeness (QED) is 0.438. The molecule has 4 rings (SSSR count). The maximum Gasteiger partial charge on any atom is 0.411 e. The highest BCUT2D eigenvalue weighted by Crippen LogP contribution is 2.22. The number of piperidine rings is 1. The van der Waals surface area contributed by atoms with Gasteiger partial charge >= 0.3 is 6.09 Å². The summed E-state index contributed by atoms with van der Waals surface area (Å²) in [6.07, 6.45) is 3.42. The van der Waals surface area contributed by atoms with Crippen molar-refractivity contribution in [2.45, 2.75) is 19.3 Å². The van der Waals surface area contributed by atoms with Gasteiger partial charge in [-0.25, -0.2) is 14.2 Å². The zero-order valence-electron chi connectivity index (χ0n) is 17.1. The topological polar surface area (TPSA) is 87.3 Å². The van der Waals surface area contributed by atoms with E-state index in [9.17, 15) is 14.0 Å². The number of nitrogens with one attached hydrogen (secondary N) is 2. The van der Waals surface area contributed by atoms with Gasteiger partial charge in [-0.1, -0.05) is 0 Å². The third-order valence-corrected chi connectivity index (χ3v) is 5.61. The number of aromatic amines is 1. The van der Waals surface area contributed by atoms with Crippen molar-refractivity contribution < 1.29 is 18.7 Å². The van der Waals surface area contributed by atoms with Crippen molar-refractivity contribution in [1.82, 2.24) is 14.9 Å². The number of anilines is 1. The monoisotopic (exact) mass is 424 g/mol. The second kappa shape index (κ2) is 9.70. The van der Waals surface area contributed by atoms with Crippen LogP contribution in [-0.2, 0) is 4.74 Å². The molecule has 7 nitrogen and oxygen atoms in total. The molecule has 8 heteroatoms. The van der Waals surface area contributed by atoms with Gasteiger partial charge in [-0.05, 0) is 74.8 Å². The number of aromatic nitrogens is 2. The van der Waals surface area contributed by atoms with E-state index in [1.807, 2.05) is 6.07 Å². The van der Waals surface area contributed by atoms with Gasteiger partial charge in [0, 0.05) is 23.7 Å². The summed E-state index contributed by atoms with van der Waals surface area (Å²) in [6, 6.07) is 11.2. The molecule has 1 aliphatic heterocycles. The van der Waals surface area contributed by atoms with Crippen LogP contribution >= 0.6 is 0 Å². The van der Waals surface area contributed by atoms with Crippen molar-refractivity contribution >= 4 is 28.6 Å². The molecule has 0 aliphatic carbocycles. The molecular formula is C23H25FN4O3. The summed E-state index contributed by atoms with van der Waals surface area (Å²) < 4.78 is 18.3. The van der Waals surface area contributed by atoms with Crippen LogP contribution in [0.15, 0.2) is 48.8 Å². The second-order valence-electron chi connectivity index (χ2n) is 7.74.